The van der Waals surface area contributed by atoms with Crippen molar-refractivity contribution in [3.8, 4) is 0 Å². The molecule has 0 fully saturated rings. The predicted octanol–water partition coefficient (Wildman–Crippen LogP) is 5.00. The number of anilines is 1. The molecule has 2 heterocycles. The Bertz CT molecular complexity index is 1100. The maximum Gasteiger partial charge on any atom is 0.265 e. The van der Waals surface area contributed by atoms with Gasteiger partial charge >= 0.3 is 0 Å². The molecule has 146 valence electrons. The number of furan rings is 1. The first-order valence-electron chi connectivity index (χ1n) is 9.58. The van der Waals surface area contributed by atoms with E-state index in [0.717, 1.165) is 16.9 Å². The van der Waals surface area contributed by atoms with Crippen LogP contribution in [0.1, 0.15) is 51.7 Å². The van der Waals surface area contributed by atoms with Crippen molar-refractivity contribution in [2.24, 2.45) is 4.99 Å². The maximum atomic E-state index is 13.4. The second-order valence-electron chi connectivity index (χ2n) is 7.30. The maximum absolute atomic E-state index is 13.4. The Morgan fingerprint density at radius 1 is 1.03 bits per heavy atom. The second kappa shape index (κ2) is 7.51. The van der Waals surface area contributed by atoms with Crippen molar-refractivity contribution in [2.45, 2.75) is 32.7 Å². The lowest BCUT2D eigenvalue weighted by Crippen LogP contribution is -2.45. The number of hydrogen-bond acceptors (Lipinski definition) is 4. The van der Waals surface area contributed by atoms with Crippen LogP contribution in [0.25, 0.3) is 0 Å². The minimum atomic E-state index is -0.636. The Hall–Kier alpha value is -3.47. The number of hydrogen-bond donors (Lipinski definition) is 0. The summed E-state index contributed by atoms with van der Waals surface area (Å²) in [6.45, 7) is 5.87. The molecular weight excluding hydrogens is 364 g/mol. The topological polar surface area (TPSA) is 62.9 Å². The van der Waals surface area contributed by atoms with Gasteiger partial charge in [-0.15, -0.1) is 0 Å². The Morgan fingerprint density at radius 2 is 1.83 bits per heavy atom. The molecule has 5 nitrogen and oxygen atoms in total. The number of rotatable bonds is 4. The van der Waals surface area contributed by atoms with Crippen molar-refractivity contribution < 1.29 is 14.0 Å². The third-order valence-electron chi connectivity index (χ3n) is 5.38. The molecule has 0 bridgehead atoms. The van der Waals surface area contributed by atoms with Gasteiger partial charge in [0.1, 0.15) is 11.8 Å². The van der Waals surface area contributed by atoms with Crippen molar-refractivity contribution in [3.05, 3.63) is 88.9 Å². The number of carbonyl (C=O) groups excluding carboxylic acids is 2. The van der Waals surface area contributed by atoms with E-state index in [1.807, 2.05) is 69.3 Å². The van der Waals surface area contributed by atoms with E-state index in [-0.39, 0.29) is 17.9 Å². The first kappa shape index (κ1) is 18.9. The molecular formula is C24H22N2O3. The van der Waals surface area contributed by atoms with Crippen LogP contribution in [0.5, 0.6) is 0 Å². The zero-order valence-corrected chi connectivity index (χ0v) is 16.6. The molecule has 1 aliphatic heterocycles. The molecule has 3 aromatic rings. The largest absolute Gasteiger partial charge is 0.467 e. The van der Waals surface area contributed by atoms with Gasteiger partial charge in [0.05, 0.1) is 17.9 Å². The number of aliphatic imine (C=N–C) groups is 1. The van der Waals surface area contributed by atoms with Gasteiger partial charge in [0.25, 0.3) is 5.91 Å². The summed E-state index contributed by atoms with van der Waals surface area (Å²) in [4.78, 5) is 32.3. The number of fused-ring (bicyclic) bond motifs is 1. The van der Waals surface area contributed by atoms with Crippen LogP contribution in [-0.2, 0) is 4.79 Å². The van der Waals surface area contributed by atoms with Gasteiger partial charge in [-0.1, -0.05) is 24.3 Å². The van der Waals surface area contributed by atoms with Crippen molar-refractivity contribution in [2.75, 3.05) is 4.90 Å². The van der Waals surface area contributed by atoms with Crippen LogP contribution >= 0.6 is 0 Å². The Kier molecular flexibility index (Phi) is 4.89. The minimum Gasteiger partial charge on any atom is -0.467 e. The second-order valence-corrected chi connectivity index (χ2v) is 7.30. The van der Waals surface area contributed by atoms with Crippen LogP contribution in [0.4, 0.5) is 5.69 Å². The van der Waals surface area contributed by atoms with E-state index in [4.69, 9.17) is 4.42 Å². The van der Waals surface area contributed by atoms with E-state index in [2.05, 4.69) is 4.99 Å². The highest BCUT2D eigenvalue weighted by molar-refractivity contribution is 6.29. The summed E-state index contributed by atoms with van der Waals surface area (Å²) in [6.07, 6.45) is 3.23. The highest BCUT2D eigenvalue weighted by Crippen LogP contribution is 2.33. The molecule has 1 aliphatic rings. The van der Waals surface area contributed by atoms with Gasteiger partial charge < -0.3 is 4.42 Å². The molecule has 0 aliphatic carbocycles. The highest BCUT2D eigenvalue weighted by atomic mass is 16.3. The average molecular weight is 386 g/mol. The number of imide groups is 1. The molecule has 2 amide bonds. The summed E-state index contributed by atoms with van der Waals surface area (Å²) in [7, 11) is 0. The fraction of sp³-hybridized carbons (Fsp3) is 0.208. The van der Waals surface area contributed by atoms with Gasteiger partial charge in [-0.05, 0) is 67.8 Å². The third kappa shape index (κ3) is 3.40. The van der Waals surface area contributed by atoms with Crippen LogP contribution in [0, 0.1) is 13.8 Å². The summed E-state index contributed by atoms with van der Waals surface area (Å²) in [5.74, 6) is -0.521. The number of benzene rings is 2. The molecule has 0 N–H and O–H groups in total. The van der Waals surface area contributed by atoms with Gasteiger partial charge in [-0.25, -0.2) is 4.90 Å². The van der Waals surface area contributed by atoms with Gasteiger partial charge in [0.15, 0.2) is 0 Å². The third-order valence-corrected chi connectivity index (χ3v) is 5.38. The van der Waals surface area contributed by atoms with Gasteiger partial charge in [0.2, 0.25) is 5.91 Å². The van der Waals surface area contributed by atoms with Crippen molar-refractivity contribution in [3.63, 3.8) is 0 Å². The zero-order valence-electron chi connectivity index (χ0n) is 16.6. The molecule has 0 spiro atoms. The van der Waals surface area contributed by atoms with Crippen LogP contribution < -0.4 is 4.90 Å². The van der Waals surface area contributed by atoms with Crippen molar-refractivity contribution in [1.82, 2.24) is 0 Å². The smallest absolute Gasteiger partial charge is 0.265 e. The van der Waals surface area contributed by atoms with Crippen molar-refractivity contribution >= 4 is 23.7 Å². The first-order chi connectivity index (χ1) is 14.0. The number of nitrogens with zero attached hydrogens (tertiary/aromatic N) is 2. The standard InChI is InChI=1S/C24H22N2O3/c1-15-10-11-18(13-16(15)2)26-23(27)20-8-5-4-7-19(20)21(24(26)28)14-25-17(3)22-9-6-12-29-22/h4-14,17,21H,1-3H3/t17-,21-/m1/s1. The minimum absolute atomic E-state index is 0.224. The van der Waals surface area contributed by atoms with E-state index in [9.17, 15) is 9.59 Å². The van der Waals surface area contributed by atoms with E-state index < -0.39 is 5.92 Å². The lowest BCUT2D eigenvalue weighted by atomic mass is 9.88. The number of carbonyl (C=O) groups is 2. The van der Waals surface area contributed by atoms with Crippen LogP contribution in [0.15, 0.2) is 70.3 Å². The number of amides is 2. The van der Waals surface area contributed by atoms with Crippen LogP contribution in [0.2, 0.25) is 0 Å². The summed E-state index contributed by atoms with van der Waals surface area (Å²) < 4.78 is 5.40. The summed E-state index contributed by atoms with van der Waals surface area (Å²) in [5, 5.41) is 0. The Balaban J connectivity index is 1.76. The fourth-order valence-electron chi connectivity index (χ4n) is 3.53. The normalized spacial score (nSPS) is 17.6. The molecule has 0 saturated carbocycles. The molecule has 4 rings (SSSR count). The molecule has 2 atom stereocenters. The molecule has 0 unspecified atom stereocenters. The number of aryl methyl sites for hydroxylation is 2. The monoisotopic (exact) mass is 386 g/mol. The van der Waals surface area contributed by atoms with E-state index in [0.29, 0.717) is 16.8 Å². The molecule has 29 heavy (non-hydrogen) atoms. The molecule has 1 aromatic heterocycles. The Morgan fingerprint density at radius 3 is 2.55 bits per heavy atom. The molecule has 2 aromatic carbocycles. The lowest BCUT2D eigenvalue weighted by molar-refractivity contribution is -0.118. The van der Waals surface area contributed by atoms with Gasteiger partial charge in [-0.3, -0.25) is 14.6 Å². The lowest BCUT2D eigenvalue weighted by Gasteiger charge is -2.31. The predicted molar refractivity (Wildman–Crippen MR) is 113 cm³/mol. The Labute approximate surface area is 169 Å². The van der Waals surface area contributed by atoms with Gasteiger partial charge in [0, 0.05) is 11.8 Å². The summed E-state index contributed by atoms with van der Waals surface area (Å²) in [5.41, 5.74) is 3.91. The average Bonchev–Trinajstić information content (AvgIpc) is 3.25. The molecule has 0 saturated heterocycles. The zero-order chi connectivity index (χ0) is 20.5. The highest BCUT2D eigenvalue weighted by Gasteiger charge is 2.38. The first-order valence-corrected chi connectivity index (χ1v) is 9.58. The summed E-state index contributed by atoms with van der Waals surface area (Å²) in [6, 6.07) is 16.3. The van der Waals surface area contributed by atoms with Crippen LogP contribution in [-0.4, -0.2) is 18.0 Å². The molecule has 5 heteroatoms. The van der Waals surface area contributed by atoms with E-state index in [1.165, 1.54) is 4.90 Å². The SMILES string of the molecule is Cc1ccc(N2C(=O)c3ccccc3[C@@H](C=N[C@H](C)c3ccco3)C2=O)cc1C. The van der Waals surface area contributed by atoms with E-state index in [1.54, 1.807) is 18.5 Å². The van der Waals surface area contributed by atoms with Gasteiger partial charge in [-0.2, -0.15) is 0 Å². The van der Waals surface area contributed by atoms with Crippen LogP contribution in [0.3, 0.4) is 0 Å². The quantitative estimate of drug-likeness (QED) is 0.468. The summed E-state index contributed by atoms with van der Waals surface area (Å²) >= 11 is 0. The van der Waals surface area contributed by atoms with E-state index >= 15 is 0 Å². The molecule has 0 radical (unpaired) electrons. The fourth-order valence-corrected chi connectivity index (χ4v) is 3.53. The van der Waals surface area contributed by atoms with Crippen molar-refractivity contribution in [1.29, 1.82) is 0 Å².